The highest BCUT2D eigenvalue weighted by Crippen LogP contribution is 2.02. The second kappa shape index (κ2) is 7.30. The summed E-state index contributed by atoms with van der Waals surface area (Å²) in [5, 5.41) is 2.77. The predicted molar refractivity (Wildman–Crippen MR) is 74.0 cm³/mol. The average Bonchev–Trinajstić information content (AvgIpc) is 2.96. The van der Waals surface area contributed by atoms with Crippen molar-refractivity contribution < 1.29 is 13.9 Å². The molecule has 0 saturated carbocycles. The third-order valence-electron chi connectivity index (χ3n) is 2.59. The summed E-state index contributed by atoms with van der Waals surface area (Å²) in [6, 6.07) is 6.92. The van der Waals surface area contributed by atoms with E-state index in [1.165, 1.54) is 6.20 Å². The highest BCUT2D eigenvalue weighted by Gasteiger charge is 2.05. The Balaban J connectivity index is 1.58. The summed E-state index contributed by atoms with van der Waals surface area (Å²) in [6.45, 7) is 1.53. The van der Waals surface area contributed by atoms with Crippen LogP contribution in [0.1, 0.15) is 22.7 Å². The second-order valence-electron chi connectivity index (χ2n) is 4.22. The average molecular weight is 275 g/mol. The van der Waals surface area contributed by atoms with Crippen LogP contribution in [0.3, 0.4) is 0 Å². The van der Waals surface area contributed by atoms with E-state index in [4.69, 9.17) is 14.9 Å². The zero-order valence-corrected chi connectivity index (χ0v) is 11.0. The van der Waals surface area contributed by atoms with E-state index in [-0.39, 0.29) is 5.91 Å². The highest BCUT2D eigenvalue weighted by molar-refractivity contribution is 5.92. The van der Waals surface area contributed by atoms with Gasteiger partial charge in [0.05, 0.1) is 18.1 Å². The number of nitrogens with zero attached hydrogens (tertiary/aromatic N) is 1. The number of ether oxygens (including phenoxy) is 1. The number of anilines is 1. The van der Waals surface area contributed by atoms with Crippen molar-refractivity contribution in [1.29, 1.82) is 0 Å². The maximum absolute atomic E-state index is 11.7. The number of nitrogens with two attached hydrogens (primary N) is 1. The molecule has 6 nitrogen and oxygen atoms in total. The number of carbonyl (C=O) groups is 1. The molecule has 6 heteroatoms. The lowest BCUT2D eigenvalue weighted by atomic mass is 10.3. The fraction of sp³-hybridized carbons (Fsp3) is 0.286. The quantitative estimate of drug-likeness (QED) is 0.749. The minimum absolute atomic E-state index is 0.212. The lowest BCUT2D eigenvalue weighted by molar-refractivity contribution is 0.0913. The number of furan rings is 1. The van der Waals surface area contributed by atoms with Gasteiger partial charge in [0.25, 0.3) is 5.91 Å². The number of nitrogens with one attached hydrogen (secondary N) is 1. The minimum atomic E-state index is -0.212. The first-order valence-corrected chi connectivity index (χ1v) is 6.35. The Kier molecular flexibility index (Phi) is 5.14. The number of pyridine rings is 1. The molecule has 0 atom stereocenters. The number of carbonyl (C=O) groups excluding carboxylic acids is 1. The zero-order chi connectivity index (χ0) is 14.2. The van der Waals surface area contributed by atoms with Gasteiger partial charge in [0.2, 0.25) is 0 Å². The van der Waals surface area contributed by atoms with E-state index in [0.717, 1.165) is 12.2 Å². The molecule has 0 fully saturated rings. The van der Waals surface area contributed by atoms with Crippen LogP contribution >= 0.6 is 0 Å². The number of hydrogen-bond acceptors (Lipinski definition) is 5. The summed E-state index contributed by atoms with van der Waals surface area (Å²) in [7, 11) is 0. The lowest BCUT2D eigenvalue weighted by Gasteiger charge is -2.05. The normalized spacial score (nSPS) is 10.4. The van der Waals surface area contributed by atoms with Crippen LogP contribution < -0.4 is 11.1 Å². The van der Waals surface area contributed by atoms with Gasteiger partial charge in [-0.05, 0) is 30.7 Å². The molecule has 2 rings (SSSR count). The largest absolute Gasteiger partial charge is 0.467 e. The number of amides is 1. The molecule has 0 aliphatic rings. The molecule has 0 bridgehead atoms. The molecule has 106 valence electrons. The van der Waals surface area contributed by atoms with Gasteiger partial charge in [-0.1, -0.05) is 0 Å². The Hall–Kier alpha value is -2.34. The van der Waals surface area contributed by atoms with Crippen LogP contribution in [0.2, 0.25) is 0 Å². The van der Waals surface area contributed by atoms with Gasteiger partial charge in [0.1, 0.15) is 18.1 Å². The summed E-state index contributed by atoms with van der Waals surface area (Å²) in [5.74, 6) is 0.580. The molecule has 0 saturated heterocycles. The number of hydrogen-bond donors (Lipinski definition) is 2. The molecule has 0 aromatic carbocycles. The van der Waals surface area contributed by atoms with Crippen LogP contribution in [0, 0.1) is 0 Å². The molecule has 0 unspecified atom stereocenters. The van der Waals surface area contributed by atoms with Gasteiger partial charge in [-0.3, -0.25) is 4.79 Å². The third-order valence-corrected chi connectivity index (χ3v) is 2.59. The third kappa shape index (κ3) is 4.40. The molecule has 1 amide bonds. The van der Waals surface area contributed by atoms with Crippen LogP contribution in [0.15, 0.2) is 41.1 Å². The Morgan fingerprint density at radius 2 is 2.30 bits per heavy atom. The van der Waals surface area contributed by atoms with E-state index in [1.807, 2.05) is 12.1 Å². The van der Waals surface area contributed by atoms with Crippen molar-refractivity contribution in [3.05, 3.63) is 48.2 Å². The molecule has 2 aromatic heterocycles. The summed E-state index contributed by atoms with van der Waals surface area (Å²) >= 11 is 0. The Labute approximate surface area is 116 Å². The molecule has 2 heterocycles. The molecule has 20 heavy (non-hydrogen) atoms. The number of rotatable bonds is 7. The zero-order valence-electron chi connectivity index (χ0n) is 11.0. The van der Waals surface area contributed by atoms with Gasteiger partial charge in [-0.2, -0.15) is 0 Å². The molecular weight excluding hydrogens is 258 g/mol. The van der Waals surface area contributed by atoms with Crippen molar-refractivity contribution in [2.24, 2.45) is 0 Å². The SMILES string of the molecule is Nc1ccc(C(=O)NCCCOCc2ccco2)nc1. The van der Waals surface area contributed by atoms with Gasteiger partial charge in [0, 0.05) is 13.2 Å². The van der Waals surface area contributed by atoms with E-state index < -0.39 is 0 Å². The van der Waals surface area contributed by atoms with Crippen molar-refractivity contribution in [3.8, 4) is 0 Å². The Morgan fingerprint density at radius 1 is 1.40 bits per heavy atom. The first-order valence-electron chi connectivity index (χ1n) is 6.35. The van der Waals surface area contributed by atoms with Crippen LogP contribution in [0.4, 0.5) is 5.69 Å². The highest BCUT2D eigenvalue weighted by atomic mass is 16.5. The molecular formula is C14H17N3O3. The minimum Gasteiger partial charge on any atom is -0.467 e. The topological polar surface area (TPSA) is 90.4 Å². The standard InChI is InChI=1S/C14H17N3O3/c15-11-4-5-13(17-9-11)14(18)16-6-2-7-19-10-12-3-1-8-20-12/h1,3-5,8-9H,2,6-7,10,15H2,(H,16,18). The van der Waals surface area contributed by atoms with Gasteiger partial charge < -0.3 is 20.2 Å². The van der Waals surface area contributed by atoms with Crippen molar-refractivity contribution >= 4 is 11.6 Å². The second-order valence-corrected chi connectivity index (χ2v) is 4.22. The molecule has 0 spiro atoms. The van der Waals surface area contributed by atoms with Gasteiger partial charge in [-0.15, -0.1) is 0 Å². The summed E-state index contributed by atoms with van der Waals surface area (Å²) in [4.78, 5) is 15.7. The van der Waals surface area contributed by atoms with Crippen LogP contribution in [0.5, 0.6) is 0 Å². The fourth-order valence-corrected chi connectivity index (χ4v) is 1.57. The molecule has 0 aliphatic heterocycles. The van der Waals surface area contributed by atoms with E-state index >= 15 is 0 Å². The predicted octanol–water partition coefficient (Wildman–Crippen LogP) is 1.59. The summed E-state index contributed by atoms with van der Waals surface area (Å²) < 4.78 is 10.5. The Bertz CT molecular complexity index is 523. The number of nitrogen functional groups attached to an aromatic ring is 1. The van der Waals surface area contributed by atoms with Gasteiger partial charge >= 0.3 is 0 Å². The van der Waals surface area contributed by atoms with Crippen LogP contribution in [0.25, 0.3) is 0 Å². The first-order chi connectivity index (χ1) is 9.75. The lowest BCUT2D eigenvalue weighted by Crippen LogP contribution is -2.26. The Morgan fingerprint density at radius 3 is 3.00 bits per heavy atom. The maximum Gasteiger partial charge on any atom is 0.269 e. The molecule has 2 aromatic rings. The van der Waals surface area contributed by atoms with Crippen LogP contribution in [-0.4, -0.2) is 24.0 Å². The summed E-state index contributed by atoms with van der Waals surface area (Å²) in [6.07, 6.45) is 3.79. The van der Waals surface area contributed by atoms with Crippen LogP contribution in [-0.2, 0) is 11.3 Å². The molecule has 0 radical (unpaired) electrons. The maximum atomic E-state index is 11.7. The molecule has 0 aliphatic carbocycles. The fourth-order valence-electron chi connectivity index (χ4n) is 1.57. The van der Waals surface area contributed by atoms with Gasteiger partial charge in [-0.25, -0.2) is 4.98 Å². The van der Waals surface area contributed by atoms with Crippen molar-refractivity contribution in [2.75, 3.05) is 18.9 Å². The monoisotopic (exact) mass is 275 g/mol. The van der Waals surface area contributed by atoms with E-state index in [0.29, 0.717) is 31.1 Å². The van der Waals surface area contributed by atoms with E-state index in [1.54, 1.807) is 18.4 Å². The number of aromatic nitrogens is 1. The summed E-state index contributed by atoms with van der Waals surface area (Å²) in [5.41, 5.74) is 6.40. The smallest absolute Gasteiger partial charge is 0.269 e. The van der Waals surface area contributed by atoms with E-state index in [9.17, 15) is 4.79 Å². The molecule has 3 N–H and O–H groups in total. The van der Waals surface area contributed by atoms with E-state index in [2.05, 4.69) is 10.3 Å². The van der Waals surface area contributed by atoms with Crippen molar-refractivity contribution in [1.82, 2.24) is 10.3 Å². The van der Waals surface area contributed by atoms with Gasteiger partial charge in [0.15, 0.2) is 0 Å². The first kappa shape index (κ1) is 14.1. The van der Waals surface area contributed by atoms with Crippen molar-refractivity contribution in [3.63, 3.8) is 0 Å². The van der Waals surface area contributed by atoms with Crippen molar-refractivity contribution in [2.45, 2.75) is 13.0 Å².